The van der Waals surface area contributed by atoms with Crippen LogP contribution in [0, 0.1) is 0 Å². The van der Waals surface area contributed by atoms with E-state index in [4.69, 9.17) is 0 Å². The molecule has 0 radical (unpaired) electrons. The molecule has 1 aromatic carbocycles. The van der Waals surface area contributed by atoms with E-state index >= 15 is 0 Å². The molecule has 1 aromatic heterocycles. The van der Waals surface area contributed by atoms with Gasteiger partial charge >= 0.3 is 12.1 Å². The van der Waals surface area contributed by atoms with E-state index in [1.807, 2.05) is 0 Å². The van der Waals surface area contributed by atoms with E-state index in [9.17, 15) is 23.1 Å². The van der Waals surface area contributed by atoms with Gasteiger partial charge < -0.3 is 10.0 Å². The van der Waals surface area contributed by atoms with Gasteiger partial charge in [-0.25, -0.2) is 4.79 Å². The normalized spacial score (nSPS) is 17.7. The van der Waals surface area contributed by atoms with Gasteiger partial charge in [-0.1, -0.05) is 24.3 Å². The Labute approximate surface area is 154 Å². The van der Waals surface area contributed by atoms with E-state index in [-0.39, 0.29) is 11.1 Å². The lowest BCUT2D eigenvalue weighted by Gasteiger charge is -2.34. The summed E-state index contributed by atoms with van der Waals surface area (Å²) in [6.07, 6.45) is 0.381. The highest BCUT2D eigenvalue weighted by atomic mass is 19.4. The summed E-state index contributed by atoms with van der Waals surface area (Å²) < 4.78 is 39.2. The third kappa shape index (κ3) is 3.58. The Morgan fingerprint density at radius 3 is 2.52 bits per heavy atom. The SMILES string of the molecule is CC1=CC(c2cccc(C(F)(F)F)c2)C(C(=O)O)=C(C)N1c1cccnc1. The van der Waals surface area contributed by atoms with E-state index in [0.29, 0.717) is 17.1 Å². The van der Waals surface area contributed by atoms with Crippen LogP contribution >= 0.6 is 0 Å². The van der Waals surface area contributed by atoms with Gasteiger partial charge in [-0.05, 0) is 37.6 Å². The standard InChI is InChI=1S/C20H17F3N2O2/c1-12-9-17(14-5-3-6-15(10-14)20(21,22)23)18(19(26)27)13(2)25(12)16-7-4-8-24-11-16/h3-11,17H,1-2H3,(H,26,27). The highest BCUT2D eigenvalue weighted by Gasteiger charge is 2.34. The quantitative estimate of drug-likeness (QED) is 0.824. The maximum absolute atomic E-state index is 13.1. The lowest BCUT2D eigenvalue weighted by Crippen LogP contribution is -2.29. The van der Waals surface area contributed by atoms with Gasteiger partial charge in [-0.2, -0.15) is 13.2 Å². The molecule has 140 valence electrons. The average molecular weight is 374 g/mol. The molecule has 0 fully saturated rings. The van der Waals surface area contributed by atoms with Crippen LogP contribution < -0.4 is 4.90 Å². The molecule has 0 saturated heterocycles. The molecular formula is C20H17F3N2O2. The number of alkyl halides is 3. The van der Waals surface area contributed by atoms with Crippen LogP contribution in [0.3, 0.4) is 0 Å². The number of carbonyl (C=O) groups is 1. The van der Waals surface area contributed by atoms with Crippen molar-refractivity contribution < 1.29 is 23.1 Å². The maximum Gasteiger partial charge on any atom is 0.416 e. The van der Waals surface area contributed by atoms with Gasteiger partial charge in [-0.3, -0.25) is 4.98 Å². The van der Waals surface area contributed by atoms with Crippen LogP contribution in [0.15, 0.2) is 71.8 Å². The predicted octanol–water partition coefficient (Wildman–Crippen LogP) is 4.97. The molecule has 0 aliphatic carbocycles. The predicted molar refractivity (Wildman–Crippen MR) is 95.0 cm³/mol. The molecule has 0 spiro atoms. The molecule has 7 heteroatoms. The molecule has 3 rings (SSSR count). The maximum atomic E-state index is 13.1. The van der Waals surface area contributed by atoms with Gasteiger partial charge in [0, 0.05) is 23.5 Å². The number of hydrogen-bond donors (Lipinski definition) is 1. The van der Waals surface area contributed by atoms with Crippen LogP contribution in [0.1, 0.15) is 30.9 Å². The van der Waals surface area contributed by atoms with Crippen molar-refractivity contribution in [2.75, 3.05) is 4.90 Å². The number of anilines is 1. The minimum Gasteiger partial charge on any atom is -0.478 e. The lowest BCUT2D eigenvalue weighted by atomic mass is 9.85. The van der Waals surface area contributed by atoms with Gasteiger partial charge in [0.1, 0.15) is 0 Å². The first-order chi connectivity index (χ1) is 12.7. The first-order valence-electron chi connectivity index (χ1n) is 8.20. The first-order valence-corrected chi connectivity index (χ1v) is 8.20. The second-order valence-corrected chi connectivity index (χ2v) is 6.26. The van der Waals surface area contributed by atoms with E-state index in [1.54, 1.807) is 49.3 Å². The number of pyridine rings is 1. The van der Waals surface area contributed by atoms with Crippen molar-refractivity contribution in [3.8, 4) is 0 Å². The third-order valence-corrected chi connectivity index (χ3v) is 4.50. The lowest BCUT2D eigenvalue weighted by molar-refractivity contribution is -0.137. The number of aromatic nitrogens is 1. The van der Waals surface area contributed by atoms with Crippen molar-refractivity contribution in [1.82, 2.24) is 4.98 Å². The summed E-state index contributed by atoms with van der Waals surface area (Å²) in [5.74, 6) is -1.95. The first kappa shape index (κ1) is 18.7. The molecule has 1 N–H and O–H groups in total. The molecule has 2 aromatic rings. The van der Waals surface area contributed by atoms with Gasteiger partial charge in [0.25, 0.3) is 0 Å². The number of carboxylic acid groups (broad SMARTS) is 1. The van der Waals surface area contributed by atoms with Gasteiger partial charge in [-0.15, -0.1) is 0 Å². The van der Waals surface area contributed by atoms with Crippen molar-refractivity contribution in [3.05, 3.63) is 83.0 Å². The molecule has 1 aliphatic rings. The summed E-state index contributed by atoms with van der Waals surface area (Å²) in [6, 6.07) is 8.31. The summed E-state index contributed by atoms with van der Waals surface area (Å²) >= 11 is 0. The fourth-order valence-corrected chi connectivity index (χ4v) is 3.35. The molecule has 1 aliphatic heterocycles. The Morgan fingerprint density at radius 1 is 1.19 bits per heavy atom. The Hall–Kier alpha value is -3.09. The number of carboxylic acids is 1. The van der Waals surface area contributed by atoms with Crippen molar-refractivity contribution in [3.63, 3.8) is 0 Å². The number of aliphatic carboxylic acids is 1. The minimum atomic E-state index is -4.49. The van der Waals surface area contributed by atoms with Crippen LogP contribution in [-0.2, 0) is 11.0 Å². The van der Waals surface area contributed by atoms with Crippen molar-refractivity contribution in [2.45, 2.75) is 25.9 Å². The zero-order valence-electron chi connectivity index (χ0n) is 14.7. The fraction of sp³-hybridized carbons (Fsp3) is 0.200. The Bertz CT molecular complexity index is 934. The summed E-state index contributed by atoms with van der Waals surface area (Å²) in [5.41, 5.74) is 1.36. The highest BCUT2D eigenvalue weighted by Crippen LogP contribution is 2.40. The fourth-order valence-electron chi connectivity index (χ4n) is 3.35. The number of allylic oxidation sites excluding steroid dienone is 3. The molecule has 2 heterocycles. The summed E-state index contributed by atoms with van der Waals surface area (Å²) in [6.45, 7) is 3.43. The monoisotopic (exact) mass is 374 g/mol. The molecule has 0 amide bonds. The van der Waals surface area contributed by atoms with Gasteiger partial charge in [0.2, 0.25) is 0 Å². The second kappa shape index (κ2) is 6.90. The number of hydrogen-bond acceptors (Lipinski definition) is 3. The summed E-state index contributed by atoms with van der Waals surface area (Å²) in [5, 5.41) is 9.77. The topological polar surface area (TPSA) is 53.4 Å². The second-order valence-electron chi connectivity index (χ2n) is 6.26. The smallest absolute Gasteiger partial charge is 0.416 e. The van der Waals surface area contributed by atoms with Crippen LogP contribution in [0.5, 0.6) is 0 Å². The molecule has 0 bridgehead atoms. The number of halogens is 3. The van der Waals surface area contributed by atoms with Crippen LogP contribution in [0.25, 0.3) is 0 Å². The number of benzene rings is 1. The number of rotatable bonds is 3. The molecule has 1 unspecified atom stereocenters. The molecule has 4 nitrogen and oxygen atoms in total. The molecule has 27 heavy (non-hydrogen) atoms. The molecule has 0 saturated carbocycles. The Morgan fingerprint density at radius 2 is 1.93 bits per heavy atom. The van der Waals surface area contributed by atoms with E-state index in [1.165, 1.54) is 12.1 Å². The zero-order chi connectivity index (χ0) is 19.8. The van der Waals surface area contributed by atoms with Crippen molar-refractivity contribution >= 4 is 11.7 Å². The van der Waals surface area contributed by atoms with E-state index in [0.717, 1.165) is 12.1 Å². The zero-order valence-corrected chi connectivity index (χ0v) is 14.7. The Balaban J connectivity index is 2.13. The van der Waals surface area contributed by atoms with Gasteiger partial charge in [0.15, 0.2) is 0 Å². The molecule has 1 atom stereocenters. The van der Waals surface area contributed by atoms with Crippen LogP contribution in [-0.4, -0.2) is 16.1 Å². The van der Waals surface area contributed by atoms with Crippen LogP contribution in [0.2, 0.25) is 0 Å². The van der Waals surface area contributed by atoms with Crippen LogP contribution in [0.4, 0.5) is 18.9 Å². The largest absolute Gasteiger partial charge is 0.478 e. The van der Waals surface area contributed by atoms with Crippen molar-refractivity contribution in [1.29, 1.82) is 0 Å². The minimum absolute atomic E-state index is 0.0313. The highest BCUT2D eigenvalue weighted by molar-refractivity contribution is 5.92. The Kier molecular flexibility index (Phi) is 4.78. The average Bonchev–Trinajstić information content (AvgIpc) is 2.61. The van der Waals surface area contributed by atoms with Crippen molar-refractivity contribution in [2.24, 2.45) is 0 Å². The third-order valence-electron chi connectivity index (χ3n) is 4.50. The van der Waals surface area contributed by atoms with Gasteiger partial charge in [0.05, 0.1) is 23.0 Å². The summed E-state index contributed by atoms with van der Waals surface area (Å²) in [7, 11) is 0. The van der Waals surface area contributed by atoms with E-state index in [2.05, 4.69) is 4.98 Å². The number of nitrogens with zero attached hydrogens (tertiary/aromatic N) is 2. The molecular weight excluding hydrogens is 357 g/mol. The van der Waals surface area contributed by atoms with E-state index < -0.39 is 23.6 Å². The summed E-state index contributed by atoms with van der Waals surface area (Å²) in [4.78, 5) is 17.7.